The summed E-state index contributed by atoms with van der Waals surface area (Å²) in [5.74, 6) is 0.809. The molecule has 58 valence electrons. The van der Waals surface area contributed by atoms with Gasteiger partial charge in [0.25, 0.3) is 0 Å². The number of aromatic nitrogens is 2. The summed E-state index contributed by atoms with van der Waals surface area (Å²) in [5.41, 5.74) is 12.2. The number of nitrogens with zero attached hydrogens (tertiary/aromatic N) is 1. The minimum Gasteiger partial charge on any atom is -0.426 e. The number of hydrogen-bond acceptors (Lipinski definition) is 3. The molecule has 0 saturated carbocycles. The van der Waals surface area contributed by atoms with Crippen molar-refractivity contribution >= 4 is 22.7 Å². The van der Waals surface area contributed by atoms with E-state index in [1.54, 1.807) is 12.1 Å². The van der Waals surface area contributed by atoms with E-state index in [1.165, 1.54) is 0 Å². The summed E-state index contributed by atoms with van der Waals surface area (Å²) in [6.07, 6.45) is 0. The van der Waals surface area contributed by atoms with Gasteiger partial charge in [-0.2, -0.15) is 4.73 Å². The molecule has 2 rings (SSSR count). The van der Waals surface area contributed by atoms with Gasteiger partial charge in [-0.3, -0.25) is 0 Å². The third kappa shape index (κ3) is 0.644. The van der Waals surface area contributed by atoms with Gasteiger partial charge in [-0.25, -0.2) is 0 Å². The van der Waals surface area contributed by atoms with Gasteiger partial charge >= 0.3 is 0 Å². The molecule has 5 nitrogen and oxygen atoms in total. The van der Waals surface area contributed by atoms with Gasteiger partial charge in [-0.05, 0) is 0 Å². The molecule has 0 fully saturated rings. The minimum absolute atomic E-state index is 0.297. The number of nitrogens with one attached hydrogen (secondary N) is 1. The van der Waals surface area contributed by atoms with Crippen molar-refractivity contribution in [3.63, 3.8) is 0 Å². The van der Waals surface area contributed by atoms with Gasteiger partial charge in [0.15, 0.2) is 0 Å². The summed E-state index contributed by atoms with van der Waals surface area (Å²) in [6.45, 7) is 0. The van der Waals surface area contributed by atoms with Crippen molar-refractivity contribution in [2.45, 2.75) is 0 Å². The number of hydrogen-bond donors (Lipinski definition) is 4. The van der Waals surface area contributed by atoms with Gasteiger partial charge < -0.3 is 21.7 Å². The lowest BCUT2D eigenvalue weighted by atomic mass is 10.5. The Labute approximate surface area is 62.2 Å². The second kappa shape index (κ2) is 1.63. The standard InChI is InChI=1S/C6H8N4O/c7-5-2-4-3(9-5)1-6(8)10(4)11/h1-2,9,11H,7-8H2. The number of nitrogen functional groups attached to an aromatic ring is 2. The molecule has 0 unspecified atom stereocenters. The molecule has 2 heterocycles. The van der Waals surface area contributed by atoms with Gasteiger partial charge in [0, 0.05) is 12.1 Å². The molecular weight excluding hydrogens is 144 g/mol. The molecular formula is C6H8N4O. The Balaban J connectivity index is 2.88. The fourth-order valence-corrected chi connectivity index (χ4v) is 1.11. The highest BCUT2D eigenvalue weighted by Gasteiger charge is 2.06. The van der Waals surface area contributed by atoms with Crippen LogP contribution in [0.5, 0.6) is 0 Å². The van der Waals surface area contributed by atoms with Crippen molar-refractivity contribution in [1.29, 1.82) is 0 Å². The highest BCUT2D eigenvalue weighted by atomic mass is 16.5. The largest absolute Gasteiger partial charge is 0.426 e. The van der Waals surface area contributed by atoms with Crippen molar-refractivity contribution in [1.82, 2.24) is 9.71 Å². The summed E-state index contributed by atoms with van der Waals surface area (Å²) < 4.78 is 0.891. The third-order valence-corrected chi connectivity index (χ3v) is 1.61. The van der Waals surface area contributed by atoms with Gasteiger partial charge in [-0.1, -0.05) is 0 Å². The number of fused-ring (bicyclic) bond motifs is 1. The number of rotatable bonds is 0. The highest BCUT2D eigenvalue weighted by molar-refractivity contribution is 5.84. The fraction of sp³-hybridized carbons (Fsp3) is 0. The quantitative estimate of drug-likeness (QED) is 0.411. The maximum atomic E-state index is 9.23. The summed E-state index contributed by atoms with van der Waals surface area (Å²) in [7, 11) is 0. The summed E-state index contributed by atoms with van der Waals surface area (Å²) in [6, 6.07) is 3.23. The Morgan fingerprint density at radius 3 is 2.73 bits per heavy atom. The molecule has 2 aromatic heterocycles. The van der Waals surface area contributed by atoms with E-state index in [0.29, 0.717) is 17.2 Å². The topological polar surface area (TPSA) is 93.0 Å². The highest BCUT2D eigenvalue weighted by Crippen LogP contribution is 2.20. The molecule has 0 saturated heterocycles. The number of aromatic amines is 1. The van der Waals surface area contributed by atoms with E-state index in [1.807, 2.05) is 0 Å². The molecule has 0 aliphatic heterocycles. The van der Waals surface area contributed by atoms with Crippen LogP contribution in [-0.4, -0.2) is 14.9 Å². The molecule has 2 aromatic rings. The average molecular weight is 152 g/mol. The van der Waals surface area contributed by atoms with Crippen LogP contribution in [0.3, 0.4) is 0 Å². The zero-order valence-electron chi connectivity index (χ0n) is 5.70. The smallest absolute Gasteiger partial charge is 0.142 e. The Kier molecular flexibility index (Phi) is 0.883. The van der Waals surface area contributed by atoms with E-state index in [4.69, 9.17) is 11.5 Å². The predicted octanol–water partition coefficient (Wildman–Crippen LogP) is 0.371. The van der Waals surface area contributed by atoms with Crippen LogP contribution in [-0.2, 0) is 0 Å². The first-order valence-electron chi connectivity index (χ1n) is 3.13. The molecule has 0 aromatic carbocycles. The van der Waals surface area contributed by atoms with E-state index >= 15 is 0 Å². The normalized spacial score (nSPS) is 10.9. The predicted molar refractivity (Wildman–Crippen MR) is 42.3 cm³/mol. The number of H-pyrrole nitrogens is 1. The Morgan fingerprint density at radius 1 is 1.36 bits per heavy atom. The molecule has 0 atom stereocenters. The number of anilines is 2. The zero-order valence-corrected chi connectivity index (χ0v) is 5.70. The lowest BCUT2D eigenvalue weighted by Crippen LogP contribution is -1.95. The average Bonchev–Trinajstić information content (AvgIpc) is 2.37. The first-order chi connectivity index (χ1) is 5.18. The molecule has 0 aliphatic carbocycles. The summed E-state index contributed by atoms with van der Waals surface area (Å²) in [4.78, 5) is 2.84. The fourth-order valence-electron chi connectivity index (χ4n) is 1.11. The monoisotopic (exact) mass is 152 g/mol. The van der Waals surface area contributed by atoms with Crippen molar-refractivity contribution in [3.8, 4) is 0 Å². The Bertz CT molecular complexity index is 400. The molecule has 0 aliphatic rings. The van der Waals surface area contributed by atoms with Gasteiger partial charge in [-0.15, -0.1) is 0 Å². The molecule has 11 heavy (non-hydrogen) atoms. The Hall–Kier alpha value is -1.78. The van der Waals surface area contributed by atoms with Crippen LogP contribution in [0.1, 0.15) is 0 Å². The second-order valence-electron chi connectivity index (χ2n) is 2.40. The van der Waals surface area contributed by atoms with Gasteiger partial charge in [0.05, 0.1) is 5.52 Å². The van der Waals surface area contributed by atoms with E-state index < -0.39 is 0 Å². The number of nitrogens with two attached hydrogens (primary N) is 2. The van der Waals surface area contributed by atoms with Crippen LogP contribution < -0.4 is 11.5 Å². The van der Waals surface area contributed by atoms with Crippen LogP contribution in [0, 0.1) is 0 Å². The first kappa shape index (κ1) is 5.96. The van der Waals surface area contributed by atoms with Crippen LogP contribution in [0.25, 0.3) is 11.0 Å². The molecule has 0 bridgehead atoms. The minimum atomic E-state index is 0.297. The van der Waals surface area contributed by atoms with Crippen molar-refractivity contribution < 1.29 is 5.21 Å². The van der Waals surface area contributed by atoms with Crippen molar-refractivity contribution in [3.05, 3.63) is 12.1 Å². The lowest BCUT2D eigenvalue weighted by Gasteiger charge is -1.92. The third-order valence-electron chi connectivity index (χ3n) is 1.61. The maximum Gasteiger partial charge on any atom is 0.142 e. The Morgan fingerprint density at radius 2 is 2.09 bits per heavy atom. The zero-order chi connectivity index (χ0) is 8.01. The van der Waals surface area contributed by atoms with Crippen LogP contribution in [0.2, 0.25) is 0 Å². The molecule has 6 N–H and O–H groups in total. The van der Waals surface area contributed by atoms with Crippen LogP contribution >= 0.6 is 0 Å². The molecule has 5 heteroatoms. The lowest BCUT2D eigenvalue weighted by molar-refractivity contribution is 0.206. The maximum absolute atomic E-state index is 9.23. The summed E-state index contributed by atoms with van der Waals surface area (Å²) >= 11 is 0. The van der Waals surface area contributed by atoms with Crippen LogP contribution in [0.15, 0.2) is 12.1 Å². The SMILES string of the molecule is Nc1cc2c(cc(N)n2O)[nH]1. The van der Waals surface area contributed by atoms with E-state index in [9.17, 15) is 5.21 Å². The molecule has 0 amide bonds. The van der Waals surface area contributed by atoms with Crippen molar-refractivity contribution in [2.24, 2.45) is 0 Å². The molecule has 0 radical (unpaired) electrons. The van der Waals surface area contributed by atoms with Crippen LogP contribution in [0.4, 0.5) is 11.6 Å². The molecule has 0 spiro atoms. The van der Waals surface area contributed by atoms with E-state index in [-0.39, 0.29) is 0 Å². The van der Waals surface area contributed by atoms with Gasteiger partial charge in [0.1, 0.15) is 17.2 Å². The second-order valence-corrected chi connectivity index (χ2v) is 2.40. The van der Waals surface area contributed by atoms with E-state index in [0.717, 1.165) is 10.2 Å². The van der Waals surface area contributed by atoms with Crippen molar-refractivity contribution in [2.75, 3.05) is 11.5 Å². The summed E-state index contributed by atoms with van der Waals surface area (Å²) in [5, 5.41) is 9.23. The first-order valence-corrected chi connectivity index (χ1v) is 3.13. The van der Waals surface area contributed by atoms with Gasteiger partial charge in [0.2, 0.25) is 0 Å². The van der Waals surface area contributed by atoms with E-state index in [2.05, 4.69) is 4.98 Å².